The lowest BCUT2D eigenvalue weighted by Gasteiger charge is -2.09. The molecule has 0 aliphatic heterocycles. The van der Waals surface area contributed by atoms with Crippen molar-refractivity contribution in [3.05, 3.63) is 90.5 Å². The zero-order chi connectivity index (χ0) is 18.2. The van der Waals surface area contributed by atoms with Gasteiger partial charge >= 0.3 is 0 Å². The Hall–Kier alpha value is -3.38. The Balaban J connectivity index is 1.56. The normalized spacial score (nSPS) is 10.5. The number of thiocarbonyl (C=S) groups is 1. The Morgan fingerprint density at radius 2 is 1.27 bits per heavy atom. The predicted molar refractivity (Wildman–Crippen MR) is 107 cm³/mol. The van der Waals surface area contributed by atoms with Crippen LogP contribution in [0.1, 0.15) is 10.4 Å². The van der Waals surface area contributed by atoms with Gasteiger partial charge in [0.05, 0.1) is 11.4 Å². The van der Waals surface area contributed by atoms with E-state index in [4.69, 9.17) is 12.2 Å². The van der Waals surface area contributed by atoms with E-state index in [0.717, 1.165) is 17.1 Å². The van der Waals surface area contributed by atoms with Gasteiger partial charge in [-0.3, -0.25) is 10.1 Å². The van der Waals surface area contributed by atoms with Gasteiger partial charge in [0.1, 0.15) is 0 Å². The molecule has 0 bridgehead atoms. The highest BCUT2D eigenvalue weighted by Gasteiger charge is 2.07. The summed E-state index contributed by atoms with van der Waals surface area (Å²) in [5.41, 5.74) is 2.81. The number of rotatable bonds is 4. The fraction of sp³-hybridized carbons (Fsp3) is 0. The summed E-state index contributed by atoms with van der Waals surface area (Å²) in [6.45, 7) is 0. The van der Waals surface area contributed by atoms with Crippen LogP contribution in [0.3, 0.4) is 0 Å². The van der Waals surface area contributed by atoms with Gasteiger partial charge in [0, 0.05) is 11.3 Å². The lowest BCUT2D eigenvalue weighted by Crippen LogP contribution is -2.34. The average molecular weight is 360 g/mol. The Kier molecular flexibility index (Phi) is 5.80. The van der Waals surface area contributed by atoms with E-state index < -0.39 is 0 Å². The smallest absolute Gasteiger partial charge is 0.257 e. The first-order chi connectivity index (χ1) is 12.7. The van der Waals surface area contributed by atoms with E-state index in [9.17, 15) is 4.79 Å². The minimum Gasteiger partial charge on any atom is -0.332 e. The largest absolute Gasteiger partial charge is 0.332 e. The van der Waals surface area contributed by atoms with Gasteiger partial charge in [0.15, 0.2) is 5.11 Å². The van der Waals surface area contributed by atoms with Gasteiger partial charge < -0.3 is 5.32 Å². The zero-order valence-electron chi connectivity index (χ0n) is 13.8. The minimum atomic E-state index is -0.253. The van der Waals surface area contributed by atoms with Crippen molar-refractivity contribution >= 4 is 40.3 Å². The Morgan fingerprint density at radius 3 is 1.88 bits per heavy atom. The van der Waals surface area contributed by atoms with Crippen LogP contribution in [0.5, 0.6) is 0 Å². The van der Waals surface area contributed by atoms with Crippen LogP contribution in [-0.2, 0) is 0 Å². The molecule has 0 unspecified atom stereocenters. The number of anilines is 1. The fourth-order valence-electron chi connectivity index (χ4n) is 2.15. The van der Waals surface area contributed by atoms with E-state index in [1.165, 1.54) is 0 Å². The van der Waals surface area contributed by atoms with Crippen molar-refractivity contribution in [2.45, 2.75) is 0 Å². The first-order valence-electron chi connectivity index (χ1n) is 7.95. The van der Waals surface area contributed by atoms with Crippen molar-refractivity contribution in [3.8, 4) is 0 Å². The van der Waals surface area contributed by atoms with E-state index in [0.29, 0.717) is 5.56 Å². The summed E-state index contributed by atoms with van der Waals surface area (Å²) in [6.07, 6.45) is 0. The maximum atomic E-state index is 12.1. The number of hydrogen-bond donors (Lipinski definition) is 2. The van der Waals surface area contributed by atoms with Crippen LogP contribution in [0.4, 0.5) is 17.1 Å². The van der Waals surface area contributed by atoms with Crippen LogP contribution >= 0.6 is 12.2 Å². The molecule has 0 aromatic heterocycles. The molecule has 0 fully saturated rings. The summed E-state index contributed by atoms with van der Waals surface area (Å²) >= 11 is 5.18. The van der Waals surface area contributed by atoms with Crippen molar-refractivity contribution in [1.82, 2.24) is 5.32 Å². The molecule has 6 heteroatoms. The van der Waals surface area contributed by atoms with Crippen molar-refractivity contribution in [2.75, 3.05) is 5.32 Å². The molecule has 0 aliphatic carbocycles. The molecule has 3 aromatic rings. The summed E-state index contributed by atoms with van der Waals surface area (Å²) in [5, 5.41) is 14.2. The fourth-order valence-corrected chi connectivity index (χ4v) is 2.36. The number of carbonyl (C=O) groups is 1. The van der Waals surface area contributed by atoms with Crippen LogP contribution in [0.15, 0.2) is 95.2 Å². The summed E-state index contributed by atoms with van der Waals surface area (Å²) in [6, 6.07) is 25.7. The molecule has 1 amide bonds. The number of nitrogens with one attached hydrogen (secondary N) is 2. The summed E-state index contributed by atoms with van der Waals surface area (Å²) < 4.78 is 0. The third-order valence-corrected chi connectivity index (χ3v) is 3.63. The van der Waals surface area contributed by atoms with Crippen molar-refractivity contribution in [1.29, 1.82) is 0 Å². The Morgan fingerprint density at radius 1 is 0.731 bits per heavy atom. The maximum Gasteiger partial charge on any atom is 0.257 e. The molecular formula is C20H16N4OS. The van der Waals surface area contributed by atoms with Crippen LogP contribution in [0.25, 0.3) is 0 Å². The van der Waals surface area contributed by atoms with E-state index in [1.54, 1.807) is 24.3 Å². The minimum absolute atomic E-state index is 0.234. The highest BCUT2D eigenvalue weighted by molar-refractivity contribution is 7.80. The molecular weight excluding hydrogens is 344 g/mol. The molecule has 0 saturated carbocycles. The van der Waals surface area contributed by atoms with Crippen LogP contribution in [-0.4, -0.2) is 11.0 Å². The zero-order valence-corrected chi connectivity index (χ0v) is 14.6. The molecule has 3 aromatic carbocycles. The van der Waals surface area contributed by atoms with Gasteiger partial charge in [-0.25, -0.2) is 0 Å². The molecule has 0 heterocycles. The molecule has 0 radical (unpaired) electrons. The second kappa shape index (κ2) is 8.64. The van der Waals surface area contributed by atoms with Gasteiger partial charge in [-0.05, 0) is 60.7 Å². The van der Waals surface area contributed by atoms with Crippen molar-refractivity contribution < 1.29 is 4.79 Å². The van der Waals surface area contributed by atoms with Crippen LogP contribution in [0.2, 0.25) is 0 Å². The van der Waals surface area contributed by atoms with Crippen molar-refractivity contribution in [3.63, 3.8) is 0 Å². The van der Waals surface area contributed by atoms with E-state index in [1.807, 2.05) is 60.7 Å². The third-order valence-electron chi connectivity index (χ3n) is 3.43. The number of carbonyl (C=O) groups excluding carboxylic acids is 1. The highest BCUT2D eigenvalue weighted by atomic mass is 32.1. The lowest BCUT2D eigenvalue weighted by atomic mass is 10.2. The van der Waals surface area contributed by atoms with Gasteiger partial charge in [0.2, 0.25) is 0 Å². The summed E-state index contributed by atoms with van der Waals surface area (Å²) in [4.78, 5) is 12.1. The quantitative estimate of drug-likeness (QED) is 0.495. The predicted octanol–water partition coefficient (Wildman–Crippen LogP) is 5.23. The standard InChI is InChI=1S/C20H16N4OS/c25-19(15-7-3-1-4-8-15)22-20(26)21-16-11-13-18(14-12-16)24-23-17-9-5-2-6-10-17/h1-14H,(H2,21,22,25,26). The monoisotopic (exact) mass is 360 g/mol. The third kappa shape index (κ3) is 5.06. The number of amides is 1. The lowest BCUT2D eigenvalue weighted by molar-refractivity contribution is 0.0977. The van der Waals surface area contributed by atoms with E-state index in [-0.39, 0.29) is 11.0 Å². The van der Waals surface area contributed by atoms with Crippen LogP contribution in [0, 0.1) is 0 Å². The molecule has 26 heavy (non-hydrogen) atoms. The number of azo groups is 1. The number of nitrogens with zero attached hydrogens (tertiary/aromatic N) is 2. The summed E-state index contributed by atoms with van der Waals surface area (Å²) in [7, 11) is 0. The topological polar surface area (TPSA) is 65.8 Å². The Bertz CT molecular complexity index is 910. The summed E-state index contributed by atoms with van der Waals surface area (Å²) in [5.74, 6) is -0.253. The molecule has 0 atom stereocenters. The molecule has 128 valence electrons. The molecule has 3 rings (SSSR count). The van der Waals surface area contributed by atoms with Gasteiger partial charge in [-0.2, -0.15) is 10.2 Å². The van der Waals surface area contributed by atoms with Gasteiger partial charge in [-0.1, -0.05) is 36.4 Å². The first kappa shape index (κ1) is 17.4. The number of hydrogen-bond acceptors (Lipinski definition) is 4. The molecule has 5 nitrogen and oxygen atoms in total. The SMILES string of the molecule is O=C(NC(=S)Nc1ccc(N=Nc2ccccc2)cc1)c1ccccc1. The van der Waals surface area contributed by atoms with Gasteiger partial charge in [0.25, 0.3) is 5.91 Å². The second-order valence-electron chi connectivity index (χ2n) is 5.36. The molecule has 0 spiro atoms. The molecule has 0 saturated heterocycles. The maximum absolute atomic E-state index is 12.1. The number of benzene rings is 3. The van der Waals surface area contributed by atoms with Gasteiger partial charge in [-0.15, -0.1) is 0 Å². The van der Waals surface area contributed by atoms with E-state index >= 15 is 0 Å². The van der Waals surface area contributed by atoms with E-state index in [2.05, 4.69) is 20.9 Å². The van der Waals surface area contributed by atoms with Crippen LogP contribution < -0.4 is 10.6 Å². The molecule has 0 aliphatic rings. The highest BCUT2D eigenvalue weighted by Crippen LogP contribution is 2.20. The average Bonchev–Trinajstić information content (AvgIpc) is 2.69. The molecule has 2 N–H and O–H groups in total. The second-order valence-corrected chi connectivity index (χ2v) is 5.76. The Labute approximate surface area is 156 Å². The first-order valence-corrected chi connectivity index (χ1v) is 8.36. The van der Waals surface area contributed by atoms with Crippen molar-refractivity contribution in [2.24, 2.45) is 10.2 Å².